The van der Waals surface area contributed by atoms with E-state index < -0.39 is 18.4 Å². The minimum Gasteiger partial charge on any atom is -0.467 e. The van der Waals surface area contributed by atoms with Crippen molar-refractivity contribution in [3.8, 4) is 0 Å². The lowest BCUT2D eigenvalue weighted by Gasteiger charge is -2.22. The van der Waals surface area contributed by atoms with Crippen molar-refractivity contribution in [2.75, 3.05) is 7.11 Å². The second-order valence-corrected chi connectivity index (χ2v) is 2.51. The summed E-state index contributed by atoms with van der Waals surface area (Å²) in [5.74, 6) is -0.439. The van der Waals surface area contributed by atoms with Gasteiger partial charge in [0, 0.05) is 6.42 Å². The first-order valence-electron chi connectivity index (χ1n) is 3.63. The van der Waals surface area contributed by atoms with E-state index in [1.165, 1.54) is 7.11 Å². The van der Waals surface area contributed by atoms with Gasteiger partial charge in [0.1, 0.15) is 0 Å². The molecule has 1 aliphatic rings. The van der Waals surface area contributed by atoms with Gasteiger partial charge in [-0.25, -0.2) is 9.90 Å². The first-order valence-corrected chi connectivity index (χ1v) is 3.63. The highest BCUT2D eigenvalue weighted by atomic mass is 16.6. The monoisotopic (exact) mass is 159 g/mol. The number of carbonyl (C=O) groups is 1. The normalized spacial score (nSPS) is 31.5. The Kier molecular flexibility index (Phi) is 2.84. The number of hydrogen-bond acceptors (Lipinski definition) is 3. The molecule has 1 aliphatic heterocycles. The maximum Gasteiger partial charge on any atom is 0.335 e. The van der Waals surface area contributed by atoms with Gasteiger partial charge in [0.2, 0.25) is 0 Å². The fraction of sp³-hybridized carbons (Fsp3) is 0.857. The molecule has 0 bridgehead atoms. The second kappa shape index (κ2) is 3.69. The average Bonchev–Trinajstić information content (AvgIpc) is 2.03. The lowest BCUT2D eigenvalue weighted by molar-refractivity contribution is -0.208. The van der Waals surface area contributed by atoms with Crippen LogP contribution in [0.5, 0.6) is 0 Å². The van der Waals surface area contributed by atoms with E-state index >= 15 is 0 Å². The summed E-state index contributed by atoms with van der Waals surface area (Å²) in [6.07, 6.45) is 0.163. The zero-order chi connectivity index (χ0) is 8.27. The molecule has 4 nitrogen and oxygen atoms in total. The van der Waals surface area contributed by atoms with Crippen LogP contribution in [-0.2, 0) is 19.4 Å². The van der Waals surface area contributed by atoms with Crippen LogP contribution in [-0.4, -0.2) is 25.5 Å². The van der Waals surface area contributed by atoms with Crippen LogP contribution in [0.4, 0.5) is 0 Å². The van der Waals surface area contributed by atoms with Crippen molar-refractivity contribution in [3.63, 3.8) is 0 Å². The highest BCUT2D eigenvalue weighted by Crippen LogP contribution is 2.18. The van der Waals surface area contributed by atoms with Gasteiger partial charge in [-0.3, -0.25) is 0 Å². The third kappa shape index (κ3) is 2.17. The minimum absolute atomic E-state index is 0.439. The molecule has 2 unspecified atom stereocenters. The summed E-state index contributed by atoms with van der Waals surface area (Å²) >= 11 is 0. The maximum atomic E-state index is 10.8. The van der Waals surface area contributed by atoms with Crippen LogP contribution in [0.3, 0.4) is 0 Å². The molecule has 0 aromatic carbocycles. The van der Waals surface area contributed by atoms with Gasteiger partial charge in [0.15, 0.2) is 12.4 Å². The molecule has 0 amide bonds. The summed E-state index contributed by atoms with van der Waals surface area (Å²) in [6.45, 7) is 0. The fourth-order valence-electron chi connectivity index (χ4n) is 1.09. The molecule has 4 heteroatoms. The summed E-state index contributed by atoms with van der Waals surface area (Å²) in [4.78, 5) is 10.8. The predicted molar refractivity (Wildman–Crippen MR) is 35.2 cm³/mol. The van der Waals surface area contributed by atoms with Crippen LogP contribution in [0.1, 0.15) is 19.3 Å². The Morgan fingerprint density at radius 3 is 2.82 bits per heavy atom. The molecule has 0 saturated carbocycles. The molecule has 0 aromatic heterocycles. The molecule has 1 radical (unpaired) electrons. The topological polar surface area (TPSA) is 55.4 Å². The van der Waals surface area contributed by atoms with Crippen molar-refractivity contribution < 1.29 is 19.4 Å². The molecule has 1 fully saturated rings. The molecule has 1 heterocycles. The third-order valence-electron chi connectivity index (χ3n) is 1.69. The Morgan fingerprint density at radius 2 is 2.27 bits per heavy atom. The van der Waals surface area contributed by atoms with Crippen LogP contribution < -0.4 is 0 Å². The van der Waals surface area contributed by atoms with Gasteiger partial charge in [0.05, 0.1) is 7.11 Å². The van der Waals surface area contributed by atoms with Gasteiger partial charge in [-0.05, 0) is 12.8 Å². The van der Waals surface area contributed by atoms with Crippen molar-refractivity contribution >= 4 is 5.97 Å². The van der Waals surface area contributed by atoms with Crippen molar-refractivity contribution in [2.24, 2.45) is 0 Å². The van der Waals surface area contributed by atoms with E-state index in [2.05, 4.69) is 4.74 Å². The zero-order valence-corrected chi connectivity index (χ0v) is 6.41. The Morgan fingerprint density at radius 1 is 1.55 bits per heavy atom. The van der Waals surface area contributed by atoms with E-state index in [0.717, 1.165) is 6.42 Å². The lowest BCUT2D eigenvalue weighted by Crippen LogP contribution is -2.33. The second-order valence-electron chi connectivity index (χ2n) is 2.51. The van der Waals surface area contributed by atoms with Crippen LogP contribution in [0.15, 0.2) is 0 Å². The Bertz CT molecular complexity index is 145. The summed E-state index contributed by atoms with van der Waals surface area (Å²) < 4.78 is 9.24. The molecule has 0 aromatic rings. The van der Waals surface area contributed by atoms with E-state index in [4.69, 9.17) is 4.74 Å². The van der Waals surface area contributed by atoms with E-state index in [-0.39, 0.29) is 0 Å². The van der Waals surface area contributed by atoms with Crippen LogP contribution in [0.25, 0.3) is 0 Å². The SMILES string of the molecule is COC(=O)C1CCCC([O])O1. The van der Waals surface area contributed by atoms with E-state index in [1.807, 2.05) is 0 Å². The number of carbonyl (C=O) groups excluding carboxylic acids is 1. The molecule has 0 N–H and O–H groups in total. The van der Waals surface area contributed by atoms with Crippen LogP contribution in [0, 0.1) is 0 Å². The first kappa shape index (κ1) is 8.49. The number of hydrogen-bond donors (Lipinski definition) is 0. The van der Waals surface area contributed by atoms with E-state index in [9.17, 15) is 9.90 Å². The summed E-state index contributed by atoms with van der Waals surface area (Å²) in [5.41, 5.74) is 0. The summed E-state index contributed by atoms with van der Waals surface area (Å²) in [5, 5.41) is 10.7. The minimum atomic E-state index is -1.05. The number of rotatable bonds is 1. The Labute approximate surface area is 65.1 Å². The quantitative estimate of drug-likeness (QED) is 0.523. The van der Waals surface area contributed by atoms with Crippen molar-refractivity contribution in [1.82, 2.24) is 0 Å². The van der Waals surface area contributed by atoms with Gasteiger partial charge in [-0.15, -0.1) is 0 Å². The lowest BCUT2D eigenvalue weighted by atomic mass is 10.1. The standard InChI is InChI=1S/C7H11O4/c1-10-7(9)5-3-2-4-6(8)11-5/h5-6H,2-4H2,1H3. The van der Waals surface area contributed by atoms with Crippen LogP contribution >= 0.6 is 0 Å². The molecular formula is C7H11O4. The van der Waals surface area contributed by atoms with E-state index in [1.54, 1.807) is 0 Å². The summed E-state index contributed by atoms with van der Waals surface area (Å²) in [7, 11) is 1.29. The first-order chi connectivity index (χ1) is 5.24. The van der Waals surface area contributed by atoms with Gasteiger partial charge in [0.25, 0.3) is 0 Å². The predicted octanol–water partition coefficient (Wildman–Crippen LogP) is 0.485. The zero-order valence-electron chi connectivity index (χ0n) is 6.41. The van der Waals surface area contributed by atoms with E-state index in [0.29, 0.717) is 12.8 Å². The van der Waals surface area contributed by atoms with Gasteiger partial charge >= 0.3 is 5.97 Å². The average molecular weight is 159 g/mol. The maximum absolute atomic E-state index is 10.8. The van der Waals surface area contributed by atoms with Crippen molar-refractivity contribution in [3.05, 3.63) is 0 Å². The van der Waals surface area contributed by atoms with Gasteiger partial charge in [-0.1, -0.05) is 0 Å². The number of methoxy groups -OCH3 is 1. The molecule has 63 valence electrons. The molecular weight excluding hydrogens is 148 g/mol. The highest BCUT2D eigenvalue weighted by Gasteiger charge is 2.27. The largest absolute Gasteiger partial charge is 0.467 e. The third-order valence-corrected chi connectivity index (χ3v) is 1.69. The summed E-state index contributed by atoms with van der Waals surface area (Å²) in [6, 6.07) is 0. The molecule has 0 aliphatic carbocycles. The number of esters is 1. The molecule has 11 heavy (non-hydrogen) atoms. The fourth-order valence-corrected chi connectivity index (χ4v) is 1.09. The number of ether oxygens (including phenoxy) is 2. The van der Waals surface area contributed by atoms with Gasteiger partial charge in [-0.2, -0.15) is 0 Å². The molecule has 0 spiro atoms. The van der Waals surface area contributed by atoms with Crippen molar-refractivity contribution in [1.29, 1.82) is 0 Å². The smallest absolute Gasteiger partial charge is 0.335 e. The highest BCUT2D eigenvalue weighted by molar-refractivity contribution is 5.74. The Hall–Kier alpha value is -0.610. The van der Waals surface area contributed by atoms with Crippen LogP contribution in [0.2, 0.25) is 0 Å². The Balaban J connectivity index is 2.39. The molecule has 1 saturated heterocycles. The van der Waals surface area contributed by atoms with Crippen molar-refractivity contribution in [2.45, 2.75) is 31.7 Å². The molecule has 2 atom stereocenters. The molecule has 1 rings (SSSR count). The van der Waals surface area contributed by atoms with Gasteiger partial charge < -0.3 is 9.47 Å².